The zero-order chi connectivity index (χ0) is 14.5. The second-order valence-corrected chi connectivity index (χ2v) is 5.60. The van der Waals surface area contributed by atoms with Crippen molar-refractivity contribution >= 4 is 23.2 Å². The zero-order valence-corrected chi connectivity index (χ0v) is 12.7. The minimum atomic E-state index is 0.306. The molecule has 2 heterocycles. The van der Waals surface area contributed by atoms with Gasteiger partial charge in [-0.1, -0.05) is 11.6 Å². The van der Waals surface area contributed by atoms with E-state index in [1.165, 1.54) is 6.33 Å². The normalized spacial score (nSPS) is 23.8. The van der Waals surface area contributed by atoms with Gasteiger partial charge in [-0.05, 0) is 20.3 Å². The van der Waals surface area contributed by atoms with Gasteiger partial charge >= 0.3 is 0 Å². The summed E-state index contributed by atoms with van der Waals surface area (Å²) in [6.45, 7) is 8.05. The van der Waals surface area contributed by atoms with E-state index in [0.29, 0.717) is 28.9 Å². The van der Waals surface area contributed by atoms with Gasteiger partial charge in [0.05, 0.1) is 12.2 Å². The molecule has 0 aromatic carbocycles. The van der Waals surface area contributed by atoms with E-state index >= 15 is 0 Å². The molecule has 112 valence electrons. The van der Waals surface area contributed by atoms with Crippen LogP contribution in [0.5, 0.6) is 0 Å². The minimum Gasteiger partial charge on any atom is -0.382 e. The maximum absolute atomic E-state index is 6.02. The van der Waals surface area contributed by atoms with Gasteiger partial charge in [0, 0.05) is 26.2 Å². The molecule has 1 fully saturated rings. The summed E-state index contributed by atoms with van der Waals surface area (Å²) in [7, 11) is 0. The molecular formula is C13H22ClN5O. The third kappa shape index (κ3) is 4.19. The topological polar surface area (TPSA) is 76.3 Å². The van der Waals surface area contributed by atoms with Crippen molar-refractivity contribution in [1.82, 2.24) is 14.9 Å². The molecule has 0 saturated carbocycles. The number of halogens is 1. The predicted octanol–water partition coefficient (Wildman–Crippen LogP) is 1.62. The van der Waals surface area contributed by atoms with Crippen LogP contribution in [0.2, 0.25) is 5.02 Å². The number of ether oxygens (including phenoxy) is 1. The highest BCUT2D eigenvalue weighted by molar-refractivity contribution is 6.35. The van der Waals surface area contributed by atoms with Gasteiger partial charge < -0.3 is 15.8 Å². The molecule has 1 aromatic rings. The minimum absolute atomic E-state index is 0.306. The first-order valence-corrected chi connectivity index (χ1v) is 7.31. The molecule has 0 radical (unpaired) electrons. The van der Waals surface area contributed by atoms with Crippen molar-refractivity contribution in [1.29, 1.82) is 0 Å². The van der Waals surface area contributed by atoms with Gasteiger partial charge in [-0.2, -0.15) is 0 Å². The zero-order valence-electron chi connectivity index (χ0n) is 12.0. The number of hydrogen-bond donors (Lipinski definition) is 2. The van der Waals surface area contributed by atoms with Crippen LogP contribution in [0.25, 0.3) is 0 Å². The smallest absolute Gasteiger partial charge is 0.150 e. The first-order chi connectivity index (χ1) is 9.56. The lowest BCUT2D eigenvalue weighted by Gasteiger charge is -2.35. The summed E-state index contributed by atoms with van der Waals surface area (Å²) in [4.78, 5) is 10.3. The summed E-state index contributed by atoms with van der Waals surface area (Å²) >= 11 is 6.02. The van der Waals surface area contributed by atoms with Gasteiger partial charge in [0.1, 0.15) is 23.0 Å². The molecule has 1 aromatic heterocycles. The molecule has 2 atom stereocenters. The highest BCUT2D eigenvalue weighted by Crippen LogP contribution is 2.22. The average Bonchev–Trinajstić information content (AvgIpc) is 2.38. The molecule has 0 spiro atoms. The number of nitrogens with zero attached hydrogens (tertiary/aromatic N) is 3. The number of rotatable bonds is 5. The van der Waals surface area contributed by atoms with Crippen LogP contribution < -0.4 is 11.1 Å². The van der Waals surface area contributed by atoms with Crippen molar-refractivity contribution < 1.29 is 4.74 Å². The van der Waals surface area contributed by atoms with E-state index in [1.807, 2.05) is 0 Å². The SMILES string of the molecule is CC1CN(CCCNc2ncnc(N)c2Cl)CC(C)O1. The summed E-state index contributed by atoms with van der Waals surface area (Å²) < 4.78 is 5.72. The van der Waals surface area contributed by atoms with Crippen molar-refractivity contribution in [3.63, 3.8) is 0 Å². The molecule has 1 aliphatic rings. The van der Waals surface area contributed by atoms with Crippen LogP contribution in [-0.4, -0.2) is 53.3 Å². The first kappa shape index (κ1) is 15.3. The lowest BCUT2D eigenvalue weighted by atomic mass is 10.2. The van der Waals surface area contributed by atoms with Gasteiger partial charge in [-0.15, -0.1) is 0 Å². The molecule has 20 heavy (non-hydrogen) atoms. The Labute approximate surface area is 124 Å². The third-order valence-corrected chi connectivity index (χ3v) is 3.63. The Bertz CT molecular complexity index is 435. The van der Waals surface area contributed by atoms with Crippen molar-refractivity contribution in [3.8, 4) is 0 Å². The van der Waals surface area contributed by atoms with Crippen molar-refractivity contribution in [2.45, 2.75) is 32.5 Å². The van der Waals surface area contributed by atoms with E-state index in [4.69, 9.17) is 22.1 Å². The van der Waals surface area contributed by atoms with E-state index in [-0.39, 0.29) is 0 Å². The number of anilines is 2. The lowest BCUT2D eigenvalue weighted by molar-refractivity contribution is -0.0678. The number of aromatic nitrogens is 2. The molecular weight excluding hydrogens is 278 g/mol. The predicted molar refractivity (Wildman–Crippen MR) is 81.0 cm³/mol. The molecule has 1 aliphatic heterocycles. The number of morpholine rings is 1. The molecule has 7 heteroatoms. The molecule has 3 N–H and O–H groups in total. The fourth-order valence-electron chi connectivity index (χ4n) is 2.48. The number of nitrogens with two attached hydrogens (primary N) is 1. The lowest BCUT2D eigenvalue weighted by Crippen LogP contribution is -2.45. The van der Waals surface area contributed by atoms with Gasteiger partial charge in [-0.25, -0.2) is 9.97 Å². The summed E-state index contributed by atoms with van der Waals surface area (Å²) in [5, 5.41) is 3.58. The van der Waals surface area contributed by atoms with E-state index in [0.717, 1.165) is 32.6 Å². The van der Waals surface area contributed by atoms with Gasteiger partial charge in [0.25, 0.3) is 0 Å². The van der Waals surface area contributed by atoms with E-state index in [9.17, 15) is 0 Å². The molecule has 2 unspecified atom stereocenters. The van der Waals surface area contributed by atoms with Crippen LogP contribution in [0.3, 0.4) is 0 Å². The summed E-state index contributed by atoms with van der Waals surface area (Å²) in [5.74, 6) is 0.905. The van der Waals surface area contributed by atoms with Crippen molar-refractivity contribution in [3.05, 3.63) is 11.3 Å². The fraction of sp³-hybridized carbons (Fsp3) is 0.692. The molecule has 2 rings (SSSR count). The third-order valence-electron chi connectivity index (χ3n) is 3.26. The monoisotopic (exact) mass is 299 g/mol. The van der Waals surface area contributed by atoms with Crippen LogP contribution >= 0.6 is 11.6 Å². The number of nitrogens with one attached hydrogen (secondary N) is 1. The van der Waals surface area contributed by atoms with Crippen molar-refractivity contribution in [2.24, 2.45) is 0 Å². The van der Waals surface area contributed by atoms with Crippen LogP contribution in [0.15, 0.2) is 6.33 Å². The average molecular weight is 300 g/mol. The summed E-state index contributed by atoms with van der Waals surface area (Å²) in [5.41, 5.74) is 5.63. The maximum atomic E-state index is 6.02. The van der Waals surface area contributed by atoms with Gasteiger partial charge in [-0.3, -0.25) is 4.90 Å². The van der Waals surface area contributed by atoms with Crippen LogP contribution in [0.1, 0.15) is 20.3 Å². The largest absolute Gasteiger partial charge is 0.382 e. The maximum Gasteiger partial charge on any atom is 0.150 e. The van der Waals surface area contributed by atoms with Gasteiger partial charge in [0.2, 0.25) is 0 Å². The second-order valence-electron chi connectivity index (χ2n) is 5.22. The Hall–Kier alpha value is -1.11. The first-order valence-electron chi connectivity index (χ1n) is 6.94. The molecule has 0 bridgehead atoms. The molecule has 0 aliphatic carbocycles. The Kier molecular flexibility index (Phi) is 5.39. The Morgan fingerprint density at radius 1 is 1.40 bits per heavy atom. The summed E-state index contributed by atoms with van der Waals surface area (Å²) in [6, 6.07) is 0. The quantitative estimate of drug-likeness (QED) is 0.805. The highest BCUT2D eigenvalue weighted by Gasteiger charge is 2.21. The van der Waals surface area contributed by atoms with Gasteiger partial charge in [0.15, 0.2) is 0 Å². The number of hydrogen-bond acceptors (Lipinski definition) is 6. The van der Waals surface area contributed by atoms with Crippen LogP contribution in [0, 0.1) is 0 Å². The Morgan fingerprint density at radius 3 is 2.80 bits per heavy atom. The standard InChI is InChI=1S/C13H22ClN5O/c1-9-6-19(7-10(2)20-9)5-3-4-16-13-11(14)12(15)17-8-18-13/h8-10H,3-7H2,1-2H3,(H3,15,16,17,18). The number of nitrogen functional groups attached to an aromatic ring is 1. The van der Waals surface area contributed by atoms with Crippen LogP contribution in [-0.2, 0) is 4.74 Å². The second kappa shape index (κ2) is 7.06. The van der Waals surface area contributed by atoms with E-state index < -0.39 is 0 Å². The van der Waals surface area contributed by atoms with E-state index in [2.05, 4.69) is 34.0 Å². The molecule has 1 saturated heterocycles. The Morgan fingerprint density at radius 2 is 2.10 bits per heavy atom. The summed E-state index contributed by atoms with van der Waals surface area (Å²) in [6.07, 6.45) is 3.04. The van der Waals surface area contributed by atoms with E-state index in [1.54, 1.807) is 0 Å². The van der Waals surface area contributed by atoms with Crippen LogP contribution in [0.4, 0.5) is 11.6 Å². The fourth-order valence-corrected chi connectivity index (χ4v) is 2.65. The molecule has 0 amide bonds. The highest BCUT2D eigenvalue weighted by atomic mass is 35.5. The Balaban J connectivity index is 1.72. The molecule has 6 nitrogen and oxygen atoms in total. The van der Waals surface area contributed by atoms with Crippen molar-refractivity contribution in [2.75, 3.05) is 37.2 Å².